The van der Waals surface area contributed by atoms with Crippen molar-refractivity contribution in [3.05, 3.63) is 16.3 Å². The van der Waals surface area contributed by atoms with Gasteiger partial charge in [-0.3, -0.25) is 9.56 Å². The maximum Gasteiger partial charge on any atom is 0.345 e. The predicted octanol–water partition coefficient (Wildman–Crippen LogP) is 1.89. The molecule has 142 valence electrons. The number of aryl methyl sites for hydroxylation is 2. The highest BCUT2D eigenvalue weighted by molar-refractivity contribution is 14.0. The highest BCUT2D eigenvalue weighted by atomic mass is 127. The number of aliphatic imine (C=N–C) groups is 1. The maximum atomic E-state index is 12.3. The molecule has 0 radical (unpaired) electrons. The van der Waals surface area contributed by atoms with Crippen molar-refractivity contribution in [2.75, 3.05) is 13.6 Å². The molecule has 2 N–H and O–H groups in total. The first kappa shape index (κ1) is 20.3. The van der Waals surface area contributed by atoms with E-state index in [0.29, 0.717) is 12.6 Å². The lowest BCUT2D eigenvalue weighted by atomic mass is 9.96. The Morgan fingerprint density at radius 2 is 2.04 bits per heavy atom. The van der Waals surface area contributed by atoms with Gasteiger partial charge in [-0.2, -0.15) is 5.10 Å². The molecule has 7 nitrogen and oxygen atoms in total. The van der Waals surface area contributed by atoms with E-state index in [4.69, 9.17) is 0 Å². The summed E-state index contributed by atoms with van der Waals surface area (Å²) in [5.41, 5.74) is 0.0504. The predicted molar refractivity (Wildman–Crippen MR) is 111 cm³/mol. The molecule has 8 heteroatoms. The molecular weight excluding hydrogens is 431 g/mol. The quantitative estimate of drug-likeness (QED) is 0.303. The van der Waals surface area contributed by atoms with E-state index < -0.39 is 0 Å². The second-order valence-electron chi connectivity index (χ2n) is 6.86. The number of hydrogen-bond donors (Lipinski definition) is 2. The van der Waals surface area contributed by atoms with Crippen molar-refractivity contribution in [2.24, 2.45) is 4.99 Å². The Bertz CT molecular complexity index is 617. The molecule has 1 aliphatic carbocycles. The van der Waals surface area contributed by atoms with Crippen LogP contribution in [0, 0.1) is 0 Å². The fourth-order valence-corrected chi connectivity index (χ4v) is 3.66. The Morgan fingerprint density at radius 3 is 2.76 bits per heavy atom. The smallest absolute Gasteiger partial charge is 0.345 e. The van der Waals surface area contributed by atoms with Gasteiger partial charge in [-0.05, 0) is 32.1 Å². The average Bonchev–Trinajstić information content (AvgIpc) is 2.95. The van der Waals surface area contributed by atoms with Crippen molar-refractivity contribution < 1.29 is 0 Å². The molecule has 3 rings (SSSR count). The van der Waals surface area contributed by atoms with Crippen LogP contribution < -0.4 is 16.3 Å². The summed E-state index contributed by atoms with van der Waals surface area (Å²) in [5.74, 6) is 1.83. The first-order chi connectivity index (χ1) is 11.8. The molecule has 1 aromatic rings. The van der Waals surface area contributed by atoms with Gasteiger partial charge in [-0.25, -0.2) is 9.48 Å². The van der Waals surface area contributed by atoms with Crippen LogP contribution in [-0.2, 0) is 19.5 Å². The van der Waals surface area contributed by atoms with Gasteiger partial charge < -0.3 is 10.6 Å². The van der Waals surface area contributed by atoms with E-state index >= 15 is 0 Å². The summed E-state index contributed by atoms with van der Waals surface area (Å²) in [6.45, 7) is 2.28. The summed E-state index contributed by atoms with van der Waals surface area (Å²) in [7, 11) is 1.81. The van der Waals surface area contributed by atoms with Crippen LogP contribution in [0.5, 0.6) is 0 Å². The van der Waals surface area contributed by atoms with Crippen LogP contribution in [0.25, 0.3) is 0 Å². The van der Waals surface area contributed by atoms with Gasteiger partial charge in [0.1, 0.15) is 5.82 Å². The largest absolute Gasteiger partial charge is 0.356 e. The SMILES string of the molecule is CN=C(NCCCn1nc2n(c1=O)CCCC2)NC1CCCCC1.I. The molecule has 1 aliphatic heterocycles. The number of hydrogen-bond acceptors (Lipinski definition) is 3. The van der Waals surface area contributed by atoms with E-state index in [0.717, 1.165) is 50.6 Å². The van der Waals surface area contributed by atoms with E-state index in [1.807, 2.05) is 11.6 Å². The fraction of sp³-hybridized carbons (Fsp3) is 0.824. The van der Waals surface area contributed by atoms with Crippen LogP contribution in [0.4, 0.5) is 0 Å². The minimum Gasteiger partial charge on any atom is -0.356 e. The van der Waals surface area contributed by atoms with Gasteiger partial charge in [0.2, 0.25) is 0 Å². The molecular formula is C17H31IN6O. The molecule has 0 bridgehead atoms. The zero-order chi connectivity index (χ0) is 16.8. The zero-order valence-electron chi connectivity index (χ0n) is 15.2. The van der Waals surface area contributed by atoms with Gasteiger partial charge in [0.25, 0.3) is 0 Å². The van der Waals surface area contributed by atoms with Crippen molar-refractivity contribution in [3.63, 3.8) is 0 Å². The number of guanidine groups is 1. The molecule has 0 amide bonds. The number of nitrogens with zero attached hydrogens (tertiary/aromatic N) is 4. The van der Waals surface area contributed by atoms with Gasteiger partial charge in [0.15, 0.2) is 5.96 Å². The number of nitrogens with one attached hydrogen (secondary N) is 2. The normalized spacial score (nSPS) is 18.4. The van der Waals surface area contributed by atoms with Gasteiger partial charge in [0.05, 0.1) is 0 Å². The number of fused-ring (bicyclic) bond motifs is 1. The maximum absolute atomic E-state index is 12.3. The van der Waals surface area contributed by atoms with E-state index in [1.54, 1.807) is 4.68 Å². The highest BCUT2D eigenvalue weighted by Crippen LogP contribution is 2.17. The minimum absolute atomic E-state index is 0. The first-order valence-corrected chi connectivity index (χ1v) is 9.41. The molecule has 0 spiro atoms. The summed E-state index contributed by atoms with van der Waals surface area (Å²) >= 11 is 0. The molecule has 2 heterocycles. The monoisotopic (exact) mass is 462 g/mol. The van der Waals surface area contributed by atoms with Crippen LogP contribution in [-0.4, -0.2) is 39.9 Å². The lowest BCUT2D eigenvalue weighted by molar-refractivity contribution is 0.409. The third-order valence-electron chi connectivity index (χ3n) is 5.04. The topological polar surface area (TPSA) is 76.2 Å². The number of halogens is 1. The minimum atomic E-state index is 0. The van der Waals surface area contributed by atoms with Gasteiger partial charge in [-0.15, -0.1) is 24.0 Å². The Morgan fingerprint density at radius 1 is 1.24 bits per heavy atom. The third-order valence-corrected chi connectivity index (χ3v) is 5.04. The van der Waals surface area contributed by atoms with Crippen LogP contribution in [0.1, 0.15) is 57.2 Å². The lowest BCUT2D eigenvalue weighted by Gasteiger charge is -2.24. The van der Waals surface area contributed by atoms with E-state index in [-0.39, 0.29) is 29.7 Å². The molecule has 0 unspecified atom stereocenters. The summed E-state index contributed by atoms with van der Waals surface area (Å²) in [4.78, 5) is 16.6. The van der Waals surface area contributed by atoms with E-state index in [1.165, 1.54) is 32.1 Å². The molecule has 0 atom stereocenters. The Kier molecular flexibility index (Phi) is 8.25. The van der Waals surface area contributed by atoms with Crippen LogP contribution >= 0.6 is 24.0 Å². The van der Waals surface area contributed by atoms with Crippen molar-refractivity contribution in [2.45, 2.75) is 76.9 Å². The molecule has 1 fully saturated rings. The van der Waals surface area contributed by atoms with Crippen molar-refractivity contribution in [3.8, 4) is 0 Å². The summed E-state index contributed by atoms with van der Waals surface area (Å²) in [6, 6.07) is 0.549. The Labute approximate surface area is 166 Å². The first-order valence-electron chi connectivity index (χ1n) is 9.41. The number of rotatable bonds is 5. The molecule has 0 aromatic carbocycles. The average molecular weight is 462 g/mol. The zero-order valence-corrected chi connectivity index (χ0v) is 17.5. The van der Waals surface area contributed by atoms with Crippen molar-refractivity contribution >= 4 is 29.9 Å². The van der Waals surface area contributed by atoms with Crippen LogP contribution in [0.2, 0.25) is 0 Å². The third kappa shape index (κ3) is 5.46. The van der Waals surface area contributed by atoms with Gasteiger partial charge in [-0.1, -0.05) is 19.3 Å². The van der Waals surface area contributed by atoms with E-state index in [2.05, 4.69) is 20.7 Å². The fourth-order valence-electron chi connectivity index (χ4n) is 3.66. The summed E-state index contributed by atoms with van der Waals surface area (Å²) in [6.07, 6.45) is 10.5. The van der Waals surface area contributed by atoms with Gasteiger partial charge >= 0.3 is 5.69 Å². The second kappa shape index (κ2) is 10.2. The van der Waals surface area contributed by atoms with Gasteiger partial charge in [0, 0.05) is 39.1 Å². The standard InChI is InChI=1S/C17H30N6O.HI/c1-18-16(20-14-8-3-2-4-9-14)19-11-7-13-23-17(24)22-12-6-5-10-15(22)21-23;/h14H,2-13H2,1H3,(H2,18,19,20);1H. The molecule has 0 saturated heterocycles. The highest BCUT2D eigenvalue weighted by Gasteiger charge is 2.16. The second-order valence-corrected chi connectivity index (χ2v) is 6.86. The van der Waals surface area contributed by atoms with E-state index in [9.17, 15) is 4.79 Å². The summed E-state index contributed by atoms with van der Waals surface area (Å²) < 4.78 is 3.46. The van der Waals surface area contributed by atoms with Crippen molar-refractivity contribution in [1.29, 1.82) is 0 Å². The van der Waals surface area contributed by atoms with Crippen molar-refractivity contribution in [1.82, 2.24) is 25.0 Å². The lowest BCUT2D eigenvalue weighted by Crippen LogP contribution is -2.44. The Hall–Kier alpha value is -1.06. The molecule has 25 heavy (non-hydrogen) atoms. The Balaban J connectivity index is 0.00000225. The molecule has 1 saturated carbocycles. The summed E-state index contributed by atoms with van der Waals surface area (Å²) in [5, 5.41) is 11.3. The molecule has 2 aliphatic rings. The van der Waals surface area contributed by atoms with Crippen LogP contribution in [0.3, 0.4) is 0 Å². The molecule has 1 aromatic heterocycles. The number of aromatic nitrogens is 3. The van der Waals surface area contributed by atoms with Crippen LogP contribution in [0.15, 0.2) is 9.79 Å².